The summed E-state index contributed by atoms with van der Waals surface area (Å²) in [4.78, 5) is 13.6. The van der Waals surface area contributed by atoms with E-state index in [-0.39, 0.29) is 5.92 Å². The molecule has 1 nitrogen and oxygen atoms in total. The molecule has 0 N–H and O–H groups in total. The number of ketones is 1. The highest BCUT2D eigenvalue weighted by Crippen LogP contribution is 2.36. The number of aryl methyl sites for hydroxylation is 1. The molecule has 0 saturated heterocycles. The number of carbonyl (C=O) groups excluding carboxylic acids is 1. The average molecular weight is 166 g/mol. The first-order valence-electron chi connectivity index (χ1n) is 3.86. The molecule has 0 radical (unpaired) electrons. The highest BCUT2D eigenvalue weighted by atomic mass is 32.1. The van der Waals surface area contributed by atoms with Gasteiger partial charge in [0.2, 0.25) is 0 Å². The van der Waals surface area contributed by atoms with Gasteiger partial charge in [-0.05, 0) is 25.5 Å². The second kappa shape index (κ2) is 2.45. The lowest BCUT2D eigenvalue weighted by atomic mass is 9.83. The van der Waals surface area contributed by atoms with Crippen LogP contribution in [0.5, 0.6) is 0 Å². The van der Waals surface area contributed by atoms with Crippen molar-refractivity contribution in [2.75, 3.05) is 0 Å². The Kier molecular flexibility index (Phi) is 1.57. The van der Waals surface area contributed by atoms with Gasteiger partial charge in [0.25, 0.3) is 0 Å². The van der Waals surface area contributed by atoms with Gasteiger partial charge in [0.05, 0.1) is 5.92 Å². The second-order valence-electron chi connectivity index (χ2n) is 3.01. The molecule has 1 saturated carbocycles. The zero-order valence-corrected chi connectivity index (χ0v) is 7.28. The quantitative estimate of drug-likeness (QED) is 0.626. The van der Waals surface area contributed by atoms with Gasteiger partial charge < -0.3 is 0 Å². The first-order valence-corrected chi connectivity index (χ1v) is 4.68. The van der Waals surface area contributed by atoms with Gasteiger partial charge in [-0.1, -0.05) is 0 Å². The van der Waals surface area contributed by atoms with Gasteiger partial charge >= 0.3 is 0 Å². The Morgan fingerprint density at radius 2 is 2.36 bits per heavy atom. The molecule has 0 aliphatic heterocycles. The van der Waals surface area contributed by atoms with Gasteiger partial charge in [0.15, 0.2) is 0 Å². The van der Waals surface area contributed by atoms with E-state index in [2.05, 4.69) is 19.1 Å². The van der Waals surface area contributed by atoms with Crippen LogP contribution in [0, 0.1) is 6.92 Å². The van der Waals surface area contributed by atoms with Crippen LogP contribution < -0.4 is 0 Å². The van der Waals surface area contributed by atoms with Crippen molar-refractivity contribution >= 4 is 17.1 Å². The van der Waals surface area contributed by atoms with Crippen LogP contribution in [0.1, 0.15) is 28.5 Å². The molecule has 2 rings (SSSR count). The third kappa shape index (κ3) is 1.11. The van der Waals surface area contributed by atoms with Gasteiger partial charge in [0.1, 0.15) is 5.78 Å². The maximum absolute atomic E-state index is 11.0. The Morgan fingerprint density at radius 3 is 2.73 bits per heavy atom. The minimum absolute atomic E-state index is 0.258. The Hall–Kier alpha value is -0.630. The van der Waals surface area contributed by atoms with Gasteiger partial charge in [-0.3, -0.25) is 4.79 Å². The fourth-order valence-corrected chi connectivity index (χ4v) is 2.38. The Morgan fingerprint density at radius 1 is 1.55 bits per heavy atom. The first kappa shape index (κ1) is 7.04. The van der Waals surface area contributed by atoms with E-state index < -0.39 is 0 Å². The van der Waals surface area contributed by atoms with E-state index >= 15 is 0 Å². The SMILES string of the molecule is Cc1ccc([C@H]2CCC2=O)s1. The van der Waals surface area contributed by atoms with Crippen molar-refractivity contribution in [3.63, 3.8) is 0 Å². The van der Waals surface area contributed by atoms with Crippen molar-refractivity contribution < 1.29 is 4.79 Å². The summed E-state index contributed by atoms with van der Waals surface area (Å²) in [7, 11) is 0. The van der Waals surface area contributed by atoms with Crippen molar-refractivity contribution in [2.45, 2.75) is 25.7 Å². The van der Waals surface area contributed by atoms with Crippen molar-refractivity contribution in [1.82, 2.24) is 0 Å². The van der Waals surface area contributed by atoms with Crippen LogP contribution in [0.4, 0.5) is 0 Å². The monoisotopic (exact) mass is 166 g/mol. The predicted octanol–water partition coefficient (Wildman–Crippen LogP) is 2.50. The van der Waals surface area contributed by atoms with Gasteiger partial charge in [-0.15, -0.1) is 11.3 Å². The summed E-state index contributed by atoms with van der Waals surface area (Å²) >= 11 is 1.75. The zero-order valence-electron chi connectivity index (χ0n) is 6.46. The molecule has 0 spiro atoms. The minimum Gasteiger partial charge on any atom is -0.299 e. The highest BCUT2D eigenvalue weighted by molar-refractivity contribution is 7.12. The lowest BCUT2D eigenvalue weighted by molar-refractivity contribution is -0.125. The van der Waals surface area contributed by atoms with E-state index in [9.17, 15) is 4.79 Å². The van der Waals surface area contributed by atoms with Gasteiger partial charge in [-0.25, -0.2) is 0 Å². The van der Waals surface area contributed by atoms with Crippen LogP contribution in [0.25, 0.3) is 0 Å². The number of carbonyl (C=O) groups is 1. The molecule has 1 fully saturated rings. The number of rotatable bonds is 1. The summed E-state index contributed by atoms with van der Waals surface area (Å²) in [5, 5.41) is 0. The van der Waals surface area contributed by atoms with Crippen molar-refractivity contribution in [3.05, 3.63) is 21.9 Å². The molecule has 1 heterocycles. The molecule has 58 valence electrons. The van der Waals surface area contributed by atoms with E-state index in [4.69, 9.17) is 0 Å². The summed E-state index contributed by atoms with van der Waals surface area (Å²) in [6, 6.07) is 4.17. The number of hydrogen-bond acceptors (Lipinski definition) is 2. The van der Waals surface area contributed by atoms with Crippen LogP contribution in [0.15, 0.2) is 12.1 Å². The normalized spacial score (nSPS) is 23.4. The lowest BCUT2D eigenvalue weighted by Crippen LogP contribution is -2.21. The van der Waals surface area contributed by atoms with Crippen LogP contribution in [0.2, 0.25) is 0 Å². The molecule has 11 heavy (non-hydrogen) atoms. The molecular formula is C9H10OS. The van der Waals surface area contributed by atoms with Crippen molar-refractivity contribution in [2.24, 2.45) is 0 Å². The fourth-order valence-electron chi connectivity index (χ4n) is 1.35. The molecule has 2 heteroatoms. The van der Waals surface area contributed by atoms with Gasteiger partial charge in [0, 0.05) is 16.2 Å². The molecule has 0 unspecified atom stereocenters. The van der Waals surface area contributed by atoms with E-state index in [1.54, 1.807) is 11.3 Å². The zero-order chi connectivity index (χ0) is 7.84. The molecule has 0 aromatic carbocycles. The Balaban J connectivity index is 2.23. The summed E-state index contributed by atoms with van der Waals surface area (Å²) in [6.07, 6.45) is 1.86. The third-order valence-corrected chi connectivity index (χ3v) is 3.29. The molecular weight excluding hydrogens is 156 g/mol. The van der Waals surface area contributed by atoms with Crippen LogP contribution >= 0.6 is 11.3 Å². The van der Waals surface area contributed by atoms with E-state index in [0.717, 1.165) is 12.8 Å². The molecule has 1 aromatic heterocycles. The first-order chi connectivity index (χ1) is 5.27. The number of thiophene rings is 1. The summed E-state index contributed by atoms with van der Waals surface area (Å²) < 4.78 is 0. The van der Waals surface area contributed by atoms with Crippen LogP contribution in [-0.4, -0.2) is 5.78 Å². The maximum Gasteiger partial charge on any atom is 0.141 e. The van der Waals surface area contributed by atoms with Crippen LogP contribution in [0.3, 0.4) is 0 Å². The molecule has 1 aliphatic rings. The summed E-state index contributed by atoms with van der Waals surface area (Å²) in [6.45, 7) is 2.08. The van der Waals surface area contributed by atoms with E-state index in [1.807, 2.05) is 0 Å². The molecule has 1 atom stereocenters. The lowest BCUT2D eigenvalue weighted by Gasteiger charge is -2.22. The number of hydrogen-bond donors (Lipinski definition) is 0. The second-order valence-corrected chi connectivity index (χ2v) is 4.33. The Bertz CT molecular complexity index is 288. The summed E-state index contributed by atoms with van der Waals surface area (Å²) in [5.74, 6) is 0.681. The maximum atomic E-state index is 11.0. The minimum atomic E-state index is 0.258. The predicted molar refractivity (Wildman–Crippen MR) is 46.0 cm³/mol. The highest BCUT2D eigenvalue weighted by Gasteiger charge is 2.30. The van der Waals surface area contributed by atoms with Crippen molar-refractivity contribution in [3.8, 4) is 0 Å². The summed E-state index contributed by atoms with van der Waals surface area (Å²) in [5.41, 5.74) is 0. The van der Waals surface area contributed by atoms with Crippen molar-refractivity contribution in [1.29, 1.82) is 0 Å². The topological polar surface area (TPSA) is 17.1 Å². The van der Waals surface area contributed by atoms with E-state index in [1.165, 1.54) is 9.75 Å². The third-order valence-electron chi connectivity index (χ3n) is 2.17. The average Bonchev–Trinajstić information content (AvgIpc) is 2.33. The van der Waals surface area contributed by atoms with Crippen LogP contribution in [-0.2, 0) is 4.79 Å². The molecule has 0 bridgehead atoms. The smallest absolute Gasteiger partial charge is 0.141 e. The number of Topliss-reactive ketones (excluding diaryl/α,β-unsaturated/α-hetero) is 1. The standard InChI is InChI=1S/C9H10OS/c1-6-2-5-9(11-6)7-3-4-8(7)10/h2,5,7H,3-4H2,1H3/t7-/m0/s1. The largest absolute Gasteiger partial charge is 0.299 e. The molecule has 0 amide bonds. The Labute approximate surface area is 70.1 Å². The fraction of sp³-hybridized carbons (Fsp3) is 0.444. The molecule has 1 aromatic rings. The molecule has 1 aliphatic carbocycles. The van der Waals surface area contributed by atoms with Gasteiger partial charge in [-0.2, -0.15) is 0 Å². The van der Waals surface area contributed by atoms with E-state index in [0.29, 0.717) is 5.78 Å².